The molecule has 0 saturated heterocycles. The van der Waals surface area contributed by atoms with Gasteiger partial charge in [-0.1, -0.05) is 23.7 Å². The van der Waals surface area contributed by atoms with Crippen molar-refractivity contribution < 1.29 is 21.1 Å². The number of allylic oxidation sites excluding steroid dienone is 1. The highest BCUT2D eigenvalue weighted by molar-refractivity contribution is 6.32. The van der Waals surface area contributed by atoms with Crippen LogP contribution in [0.3, 0.4) is 0 Å². The van der Waals surface area contributed by atoms with Crippen molar-refractivity contribution >= 4 is 39.7 Å². The van der Waals surface area contributed by atoms with E-state index in [0.717, 1.165) is 5.69 Å². The molecule has 0 aliphatic heterocycles. The summed E-state index contributed by atoms with van der Waals surface area (Å²) in [5.41, 5.74) is 2.28. The molecule has 0 fully saturated rings. The Morgan fingerprint density at radius 3 is 2.80 bits per heavy atom. The minimum atomic E-state index is -3.10. The molecule has 0 atom stereocenters. The van der Waals surface area contributed by atoms with Crippen LogP contribution in [0.2, 0.25) is 5.02 Å². The van der Waals surface area contributed by atoms with Crippen LogP contribution in [0, 0.1) is 11.3 Å². The number of benzene rings is 2. The topological polar surface area (TPSA) is 100 Å². The van der Waals surface area contributed by atoms with Crippen LogP contribution in [-0.4, -0.2) is 47.9 Å². The van der Waals surface area contributed by atoms with E-state index in [1.54, 1.807) is 36.5 Å². The Bertz CT molecular complexity index is 1760. The van der Waals surface area contributed by atoms with Gasteiger partial charge in [0.25, 0.3) is 0 Å². The maximum absolute atomic E-state index is 12.9. The second-order valence-electron chi connectivity index (χ2n) is 9.03. The summed E-state index contributed by atoms with van der Waals surface area (Å²) in [5.74, 6) is -0.0394. The van der Waals surface area contributed by atoms with Crippen molar-refractivity contribution in [3.63, 3.8) is 0 Å². The van der Waals surface area contributed by atoms with Crippen molar-refractivity contribution in [1.82, 2.24) is 14.9 Å². The number of carbonyl (C=O) groups excluding carboxylic acids is 1. The quantitative estimate of drug-likeness (QED) is 0.207. The molecule has 0 unspecified atom stereocenters. The monoisotopic (exact) mass is 560 g/mol. The summed E-state index contributed by atoms with van der Waals surface area (Å²) >= 11 is 6.51. The maximum atomic E-state index is 12.9. The van der Waals surface area contributed by atoms with E-state index in [1.165, 1.54) is 18.3 Å². The molecule has 0 aliphatic rings. The van der Waals surface area contributed by atoms with E-state index >= 15 is 0 Å². The second-order valence-corrected chi connectivity index (χ2v) is 9.43. The first-order chi connectivity index (χ1) is 21.3. The molecule has 0 saturated carbocycles. The number of fused-ring (bicyclic) bond motifs is 1. The van der Waals surface area contributed by atoms with Gasteiger partial charge >= 0.3 is 0 Å². The fourth-order valence-corrected chi connectivity index (χ4v) is 4.12. The largest absolute Gasteiger partial charge is 0.494 e. The van der Waals surface area contributed by atoms with E-state index in [1.807, 2.05) is 37.2 Å². The highest BCUT2D eigenvalue weighted by Gasteiger charge is 2.16. The zero-order valence-corrected chi connectivity index (χ0v) is 22.7. The van der Waals surface area contributed by atoms with Crippen LogP contribution in [0.25, 0.3) is 10.9 Å². The summed E-state index contributed by atoms with van der Waals surface area (Å²) in [6.45, 7) is -5.42. The predicted octanol–water partition coefficient (Wildman–Crippen LogP) is 6.11. The Morgan fingerprint density at radius 1 is 1.20 bits per heavy atom. The van der Waals surface area contributed by atoms with Crippen molar-refractivity contribution in [1.29, 1.82) is 5.26 Å². The van der Waals surface area contributed by atoms with Crippen molar-refractivity contribution in [3.05, 3.63) is 94.9 Å². The van der Waals surface area contributed by atoms with Gasteiger partial charge in [0.1, 0.15) is 24.2 Å². The molecule has 9 heteroatoms. The zero-order valence-electron chi connectivity index (χ0n) is 26.9. The minimum absolute atomic E-state index is 0.154. The van der Waals surface area contributed by atoms with Crippen LogP contribution >= 0.6 is 11.6 Å². The molecule has 40 heavy (non-hydrogen) atoms. The fourth-order valence-electron chi connectivity index (χ4n) is 3.89. The fraction of sp³-hybridized carbons (Fsp3) is 0.226. The number of hydrogen-bond acceptors (Lipinski definition) is 8. The summed E-state index contributed by atoms with van der Waals surface area (Å²) in [4.78, 5) is 23.3. The lowest BCUT2D eigenvalue weighted by atomic mass is 10.0. The molecule has 4 rings (SSSR count). The van der Waals surface area contributed by atoms with Crippen molar-refractivity contribution in [2.75, 3.05) is 32.5 Å². The SMILES string of the molecule is [2H]C([2H])([2H])C([2H])([2H])Oc1cc2ncc(C#N)c(Nc3ccc(OCc4ccccn4)c(Cl)c3)c2cc1CC(=O)/C=C/CN(C)C. The average molecular weight is 561 g/mol. The summed E-state index contributed by atoms with van der Waals surface area (Å²) in [7, 11) is 3.70. The normalized spacial score (nSPS) is 13.6. The summed E-state index contributed by atoms with van der Waals surface area (Å²) < 4.78 is 49.9. The standard InChI is InChI=1S/C31H30ClN5O3/c1-4-39-30-17-28-26(15-21(30)14-25(38)9-7-13-37(2)3)31(22(18-33)19-35-28)36-23-10-11-29(27(32)16-23)40-20-24-8-5-6-12-34-24/h5-12,15-17,19H,4,13-14,20H2,1-3H3,(H,35,36)/b9-7+/i1D3,4D2. The molecule has 0 amide bonds. The van der Waals surface area contributed by atoms with E-state index < -0.39 is 13.4 Å². The highest BCUT2D eigenvalue weighted by atomic mass is 35.5. The molecule has 0 aliphatic carbocycles. The van der Waals surface area contributed by atoms with Crippen molar-refractivity contribution in [2.45, 2.75) is 19.9 Å². The molecule has 4 aromatic rings. The van der Waals surface area contributed by atoms with Crippen LogP contribution in [0.5, 0.6) is 11.5 Å². The van der Waals surface area contributed by atoms with E-state index in [2.05, 4.69) is 21.4 Å². The second kappa shape index (κ2) is 13.6. The molecule has 204 valence electrons. The van der Waals surface area contributed by atoms with Gasteiger partial charge in [0.05, 0.1) is 36.8 Å². The van der Waals surface area contributed by atoms with Crippen LogP contribution in [-0.2, 0) is 17.8 Å². The van der Waals surface area contributed by atoms with Crippen LogP contribution in [0.1, 0.15) is 30.5 Å². The number of anilines is 2. The van der Waals surface area contributed by atoms with Gasteiger partial charge < -0.3 is 19.7 Å². The summed E-state index contributed by atoms with van der Waals surface area (Å²) in [6.07, 6.45) is 5.85. The zero-order chi connectivity index (χ0) is 32.8. The lowest BCUT2D eigenvalue weighted by molar-refractivity contribution is -0.114. The van der Waals surface area contributed by atoms with E-state index in [9.17, 15) is 10.1 Å². The van der Waals surface area contributed by atoms with Gasteiger partial charge in [-0.05, 0) is 63.4 Å². The van der Waals surface area contributed by atoms with Crippen LogP contribution in [0.4, 0.5) is 11.4 Å². The smallest absolute Gasteiger partial charge is 0.159 e. The van der Waals surface area contributed by atoms with Gasteiger partial charge in [0, 0.05) is 52.2 Å². The van der Waals surface area contributed by atoms with E-state index in [-0.39, 0.29) is 41.2 Å². The lowest BCUT2D eigenvalue weighted by Gasteiger charge is -2.16. The molecule has 0 spiro atoms. The third kappa shape index (κ3) is 7.35. The number of nitriles is 1. The number of halogens is 1. The summed E-state index contributed by atoms with van der Waals surface area (Å²) in [5, 5.41) is 13.8. The molecule has 2 aromatic heterocycles. The Morgan fingerprint density at radius 2 is 2.08 bits per heavy atom. The molecule has 8 nitrogen and oxygen atoms in total. The molecule has 2 aromatic carbocycles. The number of likely N-dealkylation sites (N-methyl/N-ethyl adjacent to an activating group) is 1. The maximum Gasteiger partial charge on any atom is 0.159 e. The number of aromatic nitrogens is 2. The van der Waals surface area contributed by atoms with Gasteiger partial charge in [0.2, 0.25) is 0 Å². The number of nitrogens with one attached hydrogen (secondary N) is 1. The number of hydrogen-bond donors (Lipinski definition) is 1. The molecule has 0 radical (unpaired) electrons. The number of ketones is 1. The summed E-state index contributed by atoms with van der Waals surface area (Å²) in [6, 6.07) is 15.5. The number of rotatable bonds is 12. The first kappa shape index (κ1) is 22.4. The Kier molecular flexibility index (Phi) is 7.59. The Labute approximate surface area is 245 Å². The van der Waals surface area contributed by atoms with Crippen molar-refractivity contribution in [2.24, 2.45) is 0 Å². The third-order valence-electron chi connectivity index (χ3n) is 5.77. The predicted molar refractivity (Wildman–Crippen MR) is 157 cm³/mol. The molecule has 1 N–H and O–H groups in total. The lowest BCUT2D eigenvalue weighted by Crippen LogP contribution is -2.11. The first-order valence-electron chi connectivity index (χ1n) is 14.8. The number of pyridine rings is 2. The van der Waals surface area contributed by atoms with Gasteiger partial charge in [0.15, 0.2) is 5.78 Å². The number of nitrogens with zero attached hydrogens (tertiary/aromatic N) is 4. The Balaban J connectivity index is 1.72. The molecular formula is C31H30ClN5O3. The minimum Gasteiger partial charge on any atom is -0.494 e. The first-order valence-corrected chi connectivity index (χ1v) is 12.6. The molecule has 0 bridgehead atoms. The Hall–Kier alpha value is -4.45. The highest BCUT2D eigenvalue weighted by Crippen LogP contribution is 2.36. The van der Waals surface area contributed by atoms with Crippen LogP contribution < -0.4 is 14.8 Å². The van der Waals surface area contributed by atoms with Crippen molar-refractivity contribution in [3.8, 4) is 17.6 Å². The average Bonchev–Trinajstić information content (AvgIpc) is 2.97. The van der Waals surface area contributed by atoms with Gasteiger partial charge in [-0.25, -0.2) is 0 Å². The van der Waals surface area contributed by atoms with Crippen LogP contribution in [0.15, 0.2) is 73.1 Å². The molecule has 2 heterocycles. The van der Waals surface area contributed by atoms with Gasteiger partial charge in [-0.2, -0.15) is 5.26 Å². The van der Waals surface area contributed by atoms with Gasteiger partial charge in [-0.3, -0.25) is 14.8 Å². The number of ether oxygens (including phenoxy) is 2. The van der Waals surface area contributed by atoms with E-state index in [0.29, 0.717) is 34.1 Å². The molecular weight excluding hydrogens is 526 g/mol. The van der Waals surface area contributed by atoms with Gasteiger partial charge in [-0.15, -0.1) is 0 Å². The van der Waals surface area contributed by atoms with E-state index in [4.69, 9.17) is 27.9 Å². The number of carbonyl (C=O) groups is 1. The third-order valence-corrected chi connectivity index (χ3v) is 6.07.